The minimum absolute atomic E-state index is 0.104. The molecule has 0 amide bonds. The van der Waals surface area contributed by atoms with Gasteiger partial charge in [-0.2, -0.15) is 0 Å². The third-order valence-electron chi connectivity index (χ3n) is 6.11. The Balaban J connectivity index is 1.56. The third kappa shape index (κ3) is 3.90. The van der Waals surface area contributed by atoms with Crippen molar-refractivity contribution >= 4 is 16.7 Å². The second-order valence-corrected chi connectivity index (χ2v) is 8.17. The van der Waals surface area contributed by atoms with Gasteiger partial charge in [0.15, 0.2) is 5.78 Å². The van der Waals surface area contributed by atoms with Crippen LogP contribution in [0.25, 0.3) is 10.9 Å². The van der Waals surface area contributed by atoms with E-state index in [2.05, 4.69) is 35.1 Å². The van der Waals surface area contributed by atoms with E-state index in [-0.39, 0.29) is 5.78 Å². The Kier molecular flexibility index (Phi) is 5.63. The van der Waals surface area contributed by atoms with Crippen molar-refractivity contribution in [3.8, 4) is 0 Å². The number of carbonyl (C=O) groups is 1. The van der Waals surface area contributed by atoms with Crippen molar-refractivity contribution in [1.29, 1.82) is 0 Å². The monoisotopic (exact) mass is 374 g/mol. The van der Waals surface area contributed by atoms with E-state index < -0.39 is 0 Å². The molecule has 2 heterocycles. The SMILES string of the molecule is CCCCN1CCC(c2c[nH]c3ccc(C(=O)c4cccc(C)c4)cc23)CC1. The number of H-pyrrole nitrogens is 1. The van der Waals surface area contributed by atoms with E-state index in [0.29, 0.717) is 5.92 Å². The fraction of sp³-hybridized carbons (Fsp3) is 0.400. The first kappa shape index (κ1) is 18.9. The Morgan fingerprint density at radius 3 is 2.64 bits per heavy atom. The molecule has 1 aliphatic heterocycles. The molecule has 28 heavy (non-hydrogen) atoms. The number of fused-ring (bicyclic) bond motifs is 1. The molecule has 3 nitrogen and oxygen atoms in total. The number of nitrogens with zero attached hydrogens (tertiary/aromatic N) is 1. The molecule has 1 aliphatic rings. The summed E-state index contributed by atoms with van der Waals surface area (Å²) >= 11 is 0. The Morgan fingerprint density at radius 2 is 1.89 bits per heavy atom. The maximum absolute atomic E-state index is 13.0. The van der Waals surface area contributed by atoms with Crippen LogP contribution in [-0.2, 0) is 0 Å². The number of hydrogen-bond donors (Lipinski definition) is 1. The smallest absolute Gasteiger partial charge is 0.193 e. The zero-order valence-electron chi connectivity index (χ0n) is 17.0. The summed E-state index contributed by atoms with van der Waals surface area (Å²) in [6.45, 7) is 7.87. The number of rotatable bonds is 6. The van der Waals surface area contributed by atoms with Crippen LogP contribution >= 0.6 is 0 Å². The highest BCUT2D eigenvalue weighted by molar-refractivity contribution is 6.10. The van der Waals surface area contributed by atoms with Crippen LogP contribution in [-0.4, -0.2) is 35.3 Å². The van der Waals surface area contributed by atoms with Gasteiger partial charge in [-0.1, -0.05) is 37.1 Å². The summed E-state index contributed by atoms with van der Waals surface area (Å²) in [5.41, 5.74) is 5.16. The molecule has 1 saturated heterocycles. The van der Waals surface area contributed by atoms with Crippen LogP contribution in [0.4, 0.5) is 0 Å². The lowest BCUT2D eigenvalue weighted by atomic mass is 9.88. The van der Waals surface area contributed by atoms with Crippen molar-refractivity contribution in [1.82, 2.24) is 9.88 Å². The molecule has 0 atom stereocenters. The number of aromatic amines is 1. The number of unbranched alkanes of at least 4 members (excludes halogenated alkanes) is 1. The van der Waals surface area contributed by atoms with Gasteiger partial charge in [0.05, 0.1) is 0 Å². The Hall–Kier alpha value is -2.39. The highest BCUT2D eigenvalue weighted by Gasteiger charge is 2.23. The number of aryl methyl sites for hydroxylation is 1. The molecule has 1 aromatic heterocycles. The normalized spacial score (nSPS) is 15.9. The van der Waals surface area contributed by atoms with Gasteiger partial charge in [0.25, 0.3) is 0 Å². The lowest BCUT2D eigenvalue weighted by Gasteiger charge is -2.31. The zero-order valence-corrected chi connectivity index (χ0v) is 17.0. The molecule has 3 aromatic rings. The summed E-state index contributed by atoms with van der Waals surface area (Å²) in [7, 11) is 0. The average Bonchev–Trinajstić information content (AvgIpc) is 3.15. The van der Waals surface area contributed by atoms with E-state index in [1.807, 2.05) is 37.3 Å². The quantitative estimate of drug-likeness (QED) is 0.563. The maximum atomic E-state index is 13.0. The van der Waals surface area contributed by atoms with Crippen molar-refractivity contribution in [3.63, 3.8) is 0 Å². The second kappa shape index (κ2) is 8.32. The summed E-state index contributed by atoms with van der Waals surface area (Å²) in [5, 5.41) is 1.21. The molecule has 2 aromatic carbocycles. The molecule has 0 saturated carbocycles. The first-order chi connectivity index (χ1) is 13.7. The molecule has 1 fully saturated rings. The van der Waals surface area contributed by atoms with Gasteiger partial charge in [0.2, 0.25) is 0 Å². The summed E-state index contributed by atoms with van der Waals surface area (Å²) in [6, 6.07) is 13.9. The molecule has 3 heteroatoms. The predicted molar refractivity (Wildman–Crippen MR) is 116 cm³/mol. The maximum Gasteiger partial charge on any atom is 0.193 e. The largest absolute Gasteiger partial charge is 0.361 e. The van der Waals surface area contributed by atoms with Crippen molar-refractivity contribution in [2.75, 3.05) is 19.6 Å². The zero-order chi connectivity index (χ0) is 19.5. The molecule has 1 N–H and O–H groups in total. The van der Waals surface area contributed by atoms with Gasteiger partial charge in [-0.15, -0.1) is 0 Å². The fourth-order valence-electron chi connectivity index (χ4n) is 4.42. The minimum atomic E-state index is 0.104. The number of benzene rings is 2. The minimum Gasteiger partial charge on any atom is -0.361 e. The van der Waals surface area contributed by atoms with Gasteiger partial charge in [-0.3, -0.25) is 4.79 Å². The van der Waals surface area contributed by atoms with E-state index in [9.17, 15) is 4.79 Å². The van der Waals surface area contributed by atoms with Crippen LogP contribution in [0.15, 0.2) is 48.7 Å². The van der Waals surface area contributed by atoms with Gasteiger partial charge < -0.3 is 9.88 Å². The van der Waals surface area contributed by atoms with Gasteiger partial charge in [-0.05, 0) is 81.6 Å². The Labute approximate surface area is 167 Å². The molecular formula is C25H30N2O. The highest BCUT2D eigenvalue weighted by atomic mass is 16.1. The van der Waals surface area contributed by atoms with Crippen LogP contribution in [0.3, 0.4) is 0 Å². The van der Waals surface area contributed by atoms with Gasteiger partial charge in [0.1, 0.15) is 0 Å². The van der Waals surface area contributed by atoms with Crippen LogP contribution in [0.1, 0.15) is 65.6 Å². The van der Waals surface area contributed by atoms with Crippen molar-refractivity contribution in [2.45, 2.75) is 45.4 Å². The molecule has 0 radical (unpaired) electrons. The number of piperidine rings is 1. The molecule has 0 unspecified atom stereocenters. The van der Waals surface area contributed by atoms with E-state index >= 15 is 0 Å². The number of carbonyl (C=O) groups excluding carboxylic acids is 1. The molecule has 4 rings (SSSR count). The molecule has 146 valence electrons. The number of hydrogen-bond acceptors (Lipinski definition) is 2. The molecule has 0 bridgehead atoms. The van der Waals surface area contributed by atoms with Crippen LogP contribution in [0.5, 0.6) is 0 Å². The van der Waals surface area contributed by atoms with Crippen LogP contribution < -0.4 is 0 Å². The van der Waals surface area contributed by atoms with Gasteiger partial charge >= 0.3 is 0 Å². The lowest BCUT2D eigenvalue weighted by molar-refractivity contribution is 0.103. The van der Waals surface area contributed by atoms with Crippen LogP contribution in [0, 0.1) is 6.92 Å². The summed E-state index contributed by atoms with van der Waals surface area (Å²) in [4.78, 5) is 19.0. The molecule has 0 aliphatic carbocycles. The standard InChI is InChI=1S/C25H30N2O/c1-3-4-12-27-13-10-19(11-14-27)23-17-26-24-9-8-21(16-22(23)24)25(28)20-7-5-6-18(2)15-20/h5-9,15-17,19,26H,3-4,10-14H2,1-2H3. The summed E-state index contributed by atoms with van der Waals surface area (Å²) in [6.07, 6.45) is 7.12. The first-order valence-electron chi connectivity index (χ1n) is 10.6. The van der Waals surface area contributed by atoms with Crippen molar-refractivity contribution in [3.05, 3.63) is 70.9 Å². The predicted octanol–water partition coefficient (Wildman–Crippen LogP) is 5.69. The van der Waals surface area contributed by atoms with E-state index in [0.717, 1.165) is 22.2 Å². The molecule has 0 spiro atoms. The summed E-state index contributed by atoms with van der Waals surface area (Å²) < 4.78 is 0. The van der Waals surface area contributed by atoms with E-state index in [1.165, 1.54) is 56.3 Å². The average molecular weight is 375 g/mol. The topological polar surface area (TPSA) is 36.1 Å². The molecular weight excluding hydrogens is 344 g/mol. The van der Waals surface area contributed by atoms with Crippen molar-refractivity contribution in [2.24, 2.45) is 0 Å². The number of nitrogens with one attached hydrogen (secondary N) is 1. The Bertz CT molecular complexity index is 964. The van der Waals surface area contributed by atoms with E-state index in [4.69, 9.17) is 0 Å². The van der Waals surface area contributed by atoms with Crippen LogP contribution in [0.2, 0.25) is 0 Å². The first-order valence-corrected chi connectivity index (χ1v) is 10.6. The second-order valence-electron chi connectivity index (χ2n) is 8.17. The fourth-order valence-corrected chi connectivity index (χ4v) is 4.42. The van der Waals surface area contributed by atoms with E-state index in [1.54, 1.807) is 0 Å². The summed E-state index contributed by atoms with van der Waals surface area (Å²) in [5.74, 6) is 0.683. The number of ketones is 1. The lowest BCUT2D eigenvalue weighted by Crippen LogP contribution is -2.33. The number of aromatic nitrogens is 1. The van der Waals surface area contributed by atoms with Gasteiger partial charge in [-0.25, -0.2) is 0 Å². The van der Waals surface area contributed by atoms with Gasteiger partial charge in [0, 0.05) is 28.2 Å². The Morgan fingerprint density at radius 1 is 1.11 bits per heavy atom. The number of likely N-dealkylation sites (tertiary alicyclic amines) is 1. The highest BCUT2D eigenvalue weighted by Crippen LogP contribution is 2.34. The third-order valence-corrected chi connectivity index (χ3v) is 6.11. The van der Waals surface area contributed by atoms with Crippen molar-refractivity contribution < 1.29 is 4.79 Å².